The zero-order valence-corrected chi connectivity index (χ0v) is 22.6. The van der Waals surface area contributed by atoms with Crippen LogP contribution < -0.4 is 9.64 Å². The molecule has 1 fully saturated rings. The predicted octanol–water partition coefficient (Wildman–Crippen LogP) is 6.72. The highest BCUT2D eigenvalue weighted by Crippen LogP contribution is 2.45. The molecule has 1 aliphatic rings. The number of hydrogen-bond acceptors (Lipinski definition) is 6. The summed E-state index contributed by atoms with van der Waals surface area (Å²) in [5.41, 5.74) is 5.84. The van der Waals surface area contributed by atoms with Crippen molar-refractivity contribution < 1.29 is 19.4 Å². The minimum atomic E-state index is -0.856. The number of nitrogens with zero attached hydrogens (tertiary/aromatic N) is 2. The summed E-state index contributed by atoms with van der Waals surface area (Å²) in [6.07, 6.45) is 1.66. The van der Waals surface area contributed by atoms with Crippen LogP contribution in [0.4, 0.5) is 5.13 Å². The van der Waals surface area contributed by atoms with E-state index in [4.69, 9.17) is 9.72 Å². The van der Waals surface area contributed by atoms with Gasteiger partial charge in [-0.25, -0.2) is 4.98 Å². The summed E-state index contributed by atoms with van der Waals surface area (Å²) in [6, 6.07) is 16.0. The SMILES string of the molecule is C=CCOc1ccc(C2C(=C(O)c3cc(C)ccc3C)C(=O)C(=O)N2c2nc3c(C)cc(C)cc3s2)cc1. The monoisotopic (exact) mass is 524 g/mol. The maximum absolute atomic E-state index is 13.6. The van der Waals surface area contributed by atoms with Gasteiger partial charge in [0.25, 0.3) is 5.78 Å². The van der Waals surface area contributed by atoms with E-state index < -0.39 is 17.7 Å². The number of Topliss-reactive ketones (excluding diaryl/α,β-unsaturated/α-hetero) is 1. The first-order chi connectivity index (χ1) is 18.2. The first-order valence-corrected chi connectivity index (χ1v) is 13.1. The molecule has 192 valence electrons. The van der Waals surface area contributed by atoms with E-state index in [2.05, 4.69) is 6.58 Å². The Hall–Kier alpha value is -4.23. The van der Waals surface area contributed by atoms with E-state index in [1.165, 1.54) is 16.2 Å². The fourth-order valence-corrected chi connectivity index (χ4v) is 6.01. The first kappa shape index (κ1) is 25.4. The lowest BCUT2D eigenvalue weighted by atomic mass is 9.93. The average molecular weight is 525 g/mol. The lowest BCUT2D eigenvalue weighted by Crippen LogP contribution is -2.29. The summed E-state index contributed by atoms with van der Waals surface area (Å²) in [5, 5.41) is 11.9. The van der Waals surface area contributed by atoms with Crippen LogP contribution in [0, 0.1) is 27.7 Å². The Morgan fingerprint density at radius 3 is 2.47 bits per heavy atom. The molecule has 1 amide bonds. The molecule has 0 radical (unpaired) electrons. The van der Waals surface area contributed by atoms with Crippen molar-refractivity contribution in [2.45, 2.75) is 33.7 Å². The maximum Gasteiger partial charge on any atom is 0.301 e. The van der Waals surface area contributed by atoms with Gasteiger partial charge < -0.3 is 9.84 Å². The van der Waals surface area contributed by atoms with E-state index in [-0.39, 0.29) is 11.3 Å². The normalized spacial score (nSPS) is 16.8. The quantitative estimate of drug-likeness (QED) is 0.131. The third-order valence-electron chi connectivity index (χ3n) is 6.68. The molecule has 1 aliphatic heterocycles. The fraction of sp³-hybridized carbons (Fsp3) is 0.194. The number of anilines is 1. The highest BCUT2D eigenvalue weighted by atomic mass is 32.1. The number of aromatic nitrogens is 1. The van der Waals surface area contributed by atoms with Crippen LogP contribution in [-0.2, 0) is 9.59 Å². The molecular weight excluding hydrogens is 496 g/mol. The number of aliphatic hydroxyl groups excluding tert-OH is 1. The molecule has 3 aromatic carbocycles. The molecule has 1 N–H and O–H groups in total. The number of thiazole rings is 1. The van der Waals surface area contributed by atoms with Gasteiger partial charge in [-0.05, 0) is 74.2 Å². The standard InChI is InChI=1S/C31H28N2O4S/c1-6-13-37-22-11-9-21(10-12-22)27-25(28(34)23-15-17(2)7-8-19(23)4)29(35)30(36)33(27)31-32-26-20(5)14-18(3)16-24(26)38-31/h6-12,14-16,27,34H,1,13H2,2-5H3. The van der Waals surface area contributed by atoms with Crippen molar-refractivity contribution in [3.63, 3.8) is 0 Å². The summed E-state index contributed by atoms with van der Waals surface area (Å²) in [5.74, 6) is -1.03. The van der Waals surface area contributed by atoms with E-state index in [1.807, 2.05) is 58.0 Å². The van der Waals surface area contributed by atoms with Crippen LogP contribution in [0.25, 0.3) is 16.0 Å². The Kier molecular flexibility index (Phi) is 6.63. The highest BCUT2D eigenvalue weighted by Gasteiger charge is 2.48. The van der Waals surface area contributed by atoms with E-state index in [9.17, 15) is 14.7 Å². The lowest BCUT2D eigenvalue weighted by Gasteiger charge is -2.23. The van der Waals surface area contributed by atoms with Crippen molar-refractivity contribution in [2.75, 3.05) is 11.5 Å². The molecule has 1 saturated heterocycles. The van der Waals surface area contributed by atoms with Gasteiger partial charge in [0.05, 0.1) is 21.8 Å². The molecule has 0 spiro atoms. The Morgan fingerprint density at radius 2 is 1.76 bits per heavy atom. The van der Waals surface area contributed by atoms with E-state index in [1.54, 1.807) is 30.3 Å². The minimum Gasteiger partial charge on any atom is -0.507 e. The Balaban J connectivity index is 1.72. The van der Waals surface area contributed by atoms with Gasteiger partial charge in [0.1, 0.15) is 18.1 Å². The summed E-state index contributed by atoms with van der Waals surface area (Å²) in [6.45, 7) is 11.8. The van der Waals surface area contributed by atoms with E-state index in [0.29, 0.717) is 28.6 Å². The zero-order valence-electron chi connectivity index (χ0n) is 21.7. The summed E-state index contributed by atoms with van der Waals surface area (Å²) in [4.78, 5) is 33.3. The third-order valence-corrected chi connectivity index (χ3v) is 7.68. The number of carbonyl (C=O) groups excluding carboxylic acids is 2. The highest BCUT2D eigenvalue weighted by molar-refractivity contribution is 7.22. The molecule has 1 atom stereocenters. The molecule has 7 heteroatoms. The Labute approximate surface area is 225 Å². The van der Waals surface area contributed by atoms with Crippen molar-refractivity contribution in [1.82, 2.24) is 4.98 Å². The van der Waals surface area contributed by atoms with Gasteiger partial charge in [-0.2, -0.15) is 0 Å². The second-order valence-electron chi connectivity index (χ2n) is 9.58. The number of carbonyl (C=O) groups is 2. The number of ether oxygens (including phenoxy) is 1. The molecule has 1 unspecified atom stereocenters. The van der Waals surface area contributed by atoms with Crippen LogP contribution in [0.1, 0.15) is 39.4 Å². The predicted molar refractivity (Wildman–Crippen MR) is 152 cm³/mol. The number of aliphatic hydroxyl groups is 1. The summed E-state index contributed by atoms with van der Waals surface area (Å²) < 4.78 is 6.56. The number of fused-ring (bicyclic) bond motifs is 1. The molecule has 4 aromatic rings. The van der Waals surface area contributed by atoms with Crippen molar-refractivity contribution in [3.8, 4) is 5.75 Å². The topological polar surface area (TPSA) is 79.7 Å². The van der Waals surface area contributed by atoms with Gasteiger partial charge in [0.15, 0.2) is 5.13 Å². The zero-order chi connectivity index (χ0) is 27.1. The van der Waals surface area contributed by atoms with Gasteiger partial charge in [-0.3, -0.25) is 14.5 Å². The molecule has 0 saturated carbocycles. The number of rotatable bonds is 6. The van der Waals surface area contributed by atoms with Gasteiger partial charge in [0.2, 0.25) is 0 Å². The van der Waals surface area contributed by atoms with Crippen LogP contribution in [0.15, 0.2) is 72.8 Å². The van der Waals surface area contributed by atoms with Crippen LogP contribution in [0.5, 0.6) is 5.75 Å². The molecular formula is C31H28N2O4S. The number of benzene rings is 3. The van der Waals surface area contributed by atoms with Crippen molar-refractivity contribution in [1.29, 1.82) is 0 Å². The van der Waals surface area contributed by atoms with Gasteiger partial charge in [-0.15, -0.1) is 0 Å². The summed E-state index contributed by atoms with van der Waals surface area (Å²) in [7, 11) is 0. The van der Waals surface area contributed by atoms with Crippen LogP contribution in [-0.4, -0.2) is 28.4 Å². The Morgan fingerprint density at radius 1 is 1.03 bits per heavy atom. The van der Waals surface area contributed by atoms with Gasteiger partial charge >= 0.3 is 5.91 Å². The molecule has 38 heavy (non-hydrogen) atoms. The molecule has 2 heterocycles. The minimum absolute atomic E-state index is 0.0376. The molecule has 6 nitrogen and oxygen atoms in total. The van der Waals surface area contributed by atoms with Gasteiger partial charge in [-0.1, -0.05) is 59.9 Å². The molecule has 0 aliphatic carbocycles. The van der Waals surface area contributed by atoms with Crippen molar-refractivity contribution >= 4 is 44.1 Å². The number of ketones is 1. The van der Waals surface area contributed by atoms with Crippen LogP contribution in [0.3, 0.4) is 0 Å². The second-order valence-corrected chi connectivity index (χ2v) is 10.6. The number of aryl methyl sites for hydroxylation is 4. The lowest BCUT2D eigenvalue weighted by molar-refractivity contribution is -0.132. The third kappa shape index (κ3) is 4.39. The van der Waals surface area contributed by atoms with Crippen LogP contribution >= 0.6 is 11.3 Å². The number of hydrogen-bond donors (Lipinski definition) is 1. The largest absolute Gasteiger partial charge is 0.507 e. The summed E-state index contributed by atoms with van der Waals surface area (Å²) >= 11 is 1.36. The molecule has 1 aromatic heterocycles. The Bertz CT molecular complexity index is 1630. The van der Waals surface area contributed by atoms with E-state index >= 15 is 0 Å². The molecule has 0 bridgehead atoms. The van der Waals surface area contributed by atoms with Crippen molar-refractivity contribution in [2.24, 2.45) is 0 Å². The second kappa shape index (κ2) is 9.91. The van der Waals surface area contributed by atoms with Gasteiger partial charge in [0, 0.05) is 5.56 Å². The smallest absolute Gasteiger partial charge is 0.301 e. The molecule has 5 rings (SSSR count). The maximum atomic E-state index is 13.6. The van der Waals surface area contributed by atoms with Crippen LogP contribution in [0.2, 0.25) is 0 Å². The van der Waals surface area contributed by atoms with E-state index in [0.717, 1.165) is 32.5 Å². The number of amides is 1. The first-order valence-electron chi connectivity index (χ1n) is 12.3. The fourth-order valence-electron chi connectivity index (χ4n) is 4.84. The average Bonchev–Trinajstić information content (AvgIpc) is 3.42. The van der Waals surface area contributed by atoms with Crippen molar-refractivity contribution in [3.05, 3.63) is 106 Å².